The largest absolute Gasteiger partial charge is 0.353 e. The van der Waals surface area contributed by atoms with Crippen LogP contribution < -0.4 is 4.90 Å². The Bertz CT molecular complexity index is 892. The van der Waals surface area contributed by atoms with Gasteiger partial charge in [0, 0.05) is 51.6 Å². The molecule has 0 saturated carbocycles. The Balaban J connectivity index is 1.51. The maximum atomic E-state index is 4.87. The van der Waals surface area contributed by atoms with Crippen molar-refractivity contribution in [2.45, 2.75) is 33.2 Å². The zero-order valence-corrected chi connectivity index (χ0v) is 16.5. The Morgan fingerprint density at radius 1 is 1.12 bits per heavy atom. The lowest BCUT2D eigenvalue weighted by molar-refractivity contribution is 0.247. The van der Waals surface area contributed by atoms with Gasteiger partial charge in [-0.05, 0) is 13.3 Å². The summed E-state index contributed by atoms with van der Waals surface area (Å²) >= 11 is 1.73. The van der Waals surface area contributed by atoms with Crippen molar-refractivity contribution in [3.63, 3.8) is 0 Å². The number of hydrogen-bond donors (Lipinski definition) is 0. The van der Waals surface area contributed by atoms with Gasteiger partial charge in [0.25, 0.3) is 0 Å². The third-order valence-corrected chi connectivity index (χ3v) is 5.64. The molecule has 0 spiro atoms. The lowest BCUT2D eigenvalue weighted by Crippen LogP contribution is -2.46. The van der Waals surface area contributed by atoms with Crippen molar-refractivity contribution < 1.29 is 0 Å². The predicted octanol–water partition coefficient (Wildman–Crippen LogP) is 2.40. The molecule has 0 radical (unpaired) electrons. The van der Waals surface area contributed by atoms with Crippen molar-refractivity contribution in [2.75, 3.05) is 31.1 Å². The van der Waals surface area contributed by atoms with E-state index in [1.54, 1.807) is 11.3 Å². The number of nitrogens with zero attached hydrogens (tertiary/aromatic N) is 7. The molecule has 1 fully saturated rings. The number of aromatic nitrogens is 5. The van der Waals surface area contributed by atoms with Crippen LogP contribution in [-0.2, 0) is 20.0 Å². The predicted molar refractivity (Wildman–Crippen MR) is 105 cm³/mol. The van der Waals surface area contributed by atoms with Gasteiger partial charge in [0.15, 0.2) is 5.65 Å². The van der Waals surface area contributed by atoms with E-state index in [0.717, 1.165) is 73.2 Å². The van der Waals surface area contributed by atoms with Crippen molar-refractivity contribution in [1.29, 1.82) is 0 Å². The monoisotopic (exact) mass is 371 g/mol. The van der Waals surface area contributed by atoms with Crippen LogP contribution in [0.15, 0.2) is 11.6 Å². The Morgan fingerprint density at radius 2 is 1.92 bits per heavy atom. The van der Waals surface area contributed by atoms with Crippen LogP contribution in [0.2, 0.25) is 0 Å². The van der Waals surface area contributed by atoms with E-state index in [4.69, 9.17) is 9.97 Å². The fraction of sp³-hybridized carbons (Fsp3) is 0.556. The molecule has 0 aromatic carbocycles. The van der Waals surface area contributed by atoms with Crippen LogP contribution in [0.3, 0.4) is 0 Å². The highest BCUT2D eigenvalue weighted by Crippen LogP contribution is 2.25. The molecule has 4 rings (SSSR count). The first-order chi connectivity index (χ1) is 12.6. The summed E-state index contributed by atoms with van der Waals surface area (Å²) in [6.45, 7) is 9.14. The molecule has 8 heteroatoms. The fourth-order valence-corrected chi connectivity index (χ4v) is 4.06. The molecule has 1 aliphatic heterocycles. The van der Waals surface area contributed by atoms with Gasteiger partial charge in [0.2, 0.25) is 0 Å². The van der Waals surface area contributed by atoms with E-state index in [1.165, 1.54) is 5.69 Å². The Kier molecular flexibility index (Phi) is 4.86. The number of hydrogen-bond acceptors (Lipinski definition) is 7. The molecular formula is C18H25N7S. The molecule has 4 heterocycles. The van der Waals surface area contributed by atoms with Crippen molar-refractivity contribution in [3.8, 4) is 0 Å². The molecule has 1 saturated heterocycles. The van der Waals surface area contributed by atoms with Crippen molar-refractivity contribution in [2.24, 2.45) is 7.05 Å². The van der Waals surface area contributed by atoms with Crippen LogP contribution in [-0.4, -0.2) is 55.8 Å². The van der Waals surface area contributed by atoms with Gasteiger partial charge in [-0.15, -0.1) is 11.3 Å². The molecule has 3 aromatic rings. The zero-order chi connectivity index (χ0) is 18.1. The number of piperazine rings is 1. The number of thiazole rings is 1. The van der Waals surface area contributed by atoms with E-state index in [0.29, 0.717) is 0 Å². The molecule has 7 nitrogen and oxygen atoms in total. The SMILES string of the molecule is CCCc1nc(N2CCN(Cc3csc(C)n3)CC2)c2cnn(C)c2n1. The van der Waals surface area contributed by atoms with E-state index in [2.05, 4.69) is 39.1 Å². The Hall–Kier alpha value is -2.06. The smallest absolute Gasteiger partial charge is 0.163 e. The van der Waals surface area contributed by atoms with Gasteiger partial charge >= 0.3 is 0 Å². The quantitative estimate of drug-likeness (QED) is 0.686. The maximum Gasteiger partial charge on any atom is 0.163 e. The highest BCUT2D eigenvalue weighted by Gasteiger charge is 2.22. The number of anilines is 1. The molecule has 1 aliphatic rings. The minimum absolute atomic E-state index is 0.900. The Labute approximate surface area is 157 Å². The summed E-state index contributed by atoms with van der Waals surface area (Å²) in [6, 6.07) is 0. The molecule has 0 bridgehead atoms. The summed E-state index contributed by atoms with van der Waals surface area (Å²) in [5.41, 5.74) is 2.11. The summed E-state index contributed by atoms with van der Waals surface area (Å²) in [5.74, 6) is 1.95. The summed E-state index contributed by atoms with van der Waals surface area (Å²) in [5, 5.41) is 8.76. The molecule has 0 atom stereocenters. The van der Waals surface area contributed by atoms with Crippen LogP contribution >= 0.6 is 11.3 Å². The molecular weight excluding hydrogens is 346 g/mol. The second-order valence-corrected chi connectivity index (χ2v) is 7.90. The third-order valence-electron chi connectivity index (χ3n) is 4.82. The third kappa shape index (κ3) is 3.43. The van der Waals surface area contributed by atoms with Gasteiger partial charge in [0.1, 0.15) is 11.6 Å². The van der Waals surface area contributed by atoms with Gasteiger partial charge in [0.05, 0.1) is 22.3 Å². The van der Waals surface area contributed by atoms with Gasteiger partial charge in [-0.25, -0.2) is 15.0 Å². The Morgan fingerprint density at radius 3 is 2.62 bits per heavy atom. The first-order valence-electron chi connectivity index (χ1n) is 9.21. The second kappa shape index (κ2) is 7.28. The summed E-state index contributed by atoms with van der Waals surface area (Å²) in [4.78, 5) is 19.0. The van der Waals surface area contributed by atoms with Gasteiger partial charge < -0.3 is 4.90 Å². The van der Waals surface area contributed by atoms with Crippen LogP contribution in [0, 0.1) is 6.92 Å². The zero-order valence-electron chi connectivity index (χ0n) is 15.6. The number of fused-ring (bicyclic) bond motifs is 1. The standard InChI is InChI=1S/C18H25N7S/c1-4-5-16-21-17-15(10-19-23(17)3)18(22-16)25-8-6-24(7-9-25)11-14-12-26-13(2)20-14/h10,12H,4-9,11H2,1-3H3. The average Bonchev–Trinajstić information content (AvgIpc) is 3.21. The van der Waals surface area contributed by atoms with Crippen molar-refractivity contribution in [1.82, 2.24) is 29.6 Å². The first-order valence-corrected chi connectivity index (χ1v) is 10.1. The van der Waals surface area contributed by atoms with E-state index >= 15 is 0 Å². The molecule has 138 valence electrons. The van der Waals surface area contributed by atoms with Crippen molar-refractivity contribution >= 4 is 28.2 Å². The van der Waals surface area contributed by atoms with Crippen LogP contribution in [0.1, 0.15) is 29.9 Å². The second-order valence-electron chi connectivity index (χ2n) is 6.84. The van der Waals surface area contributed by atoms with E-state index < -0.39 is 0 Å². The maximum absolute atomic E-state index is 4.87. The van der Waals surface area contributed by atoms with E-state index in [1.807, 2.05) is 17.9 Å². The van der Waals surface area contributed by atoms with Gasteiger partial charge in [-0.3, -0.25) is 9.58 Å². The minimum atomic E-state index is 0.900. The lowest BCUT2D eigenvalue weighted by atomic mass is 10.2. The first kappa shape index (κ1) is 17.4. The van der Waals surface area contributed by atoms with E-state index in [-0.39, 0.29) is 0 Å². The summed E-state index contributed by atoms with van der Waals surface area (Å²) < 4.78 is 1.85. The summed E-state index contributed by atoms with van der Waals surface area (Å²) in [7, 11) is 1.95. The molecule has 0 aliphatic carbocycles. The summed E-state index contributed by atoms with van der Waals surface area (Å²) in [6.07, 6.45) is 3.84. The highest BCUT2D eigenvalue weighted by atomic mass is 32.1. The van der Waals surface area contributed by atoms with Crippen LogP contribution in [0.5, 0.6) is 0 Å². The molecule has 0 N–H and O–H groups in total. The van der Waals surface area contributed by atoms with Gasteiger partial charge in [-0.1, -0.05) is 6.92 Å². The van der Waals surface area contributed by atoms with Crippen molar-refractivity contribution in [3.05, 3.63) is 28.1 Å². The highest BCUT2D eigenvalue weighted by molar-refractivity contribution is 7.09. The number of aryl methyl sites for hydroxylation is 3. The average molecular weight is 372 g/mol. The number of rotatable bonds is 5. The molecule has 3 aromatic heterocycles. The molecule has 26 heavy (non-hydrogen) atoms. The van der Waals surface area contributed by atoms with Gasteiger partial charge in [-0.2, -0.15) is 5.10 Å². The van der Waals surface area contributed by atoms with Crippen LogP contribution in [0.25, 0.3) is 11.0 Å². The van der Waals surface area contributed by atoms with Crippen LogP contribution in [0.4, 0.5) is 5.82 Å². The molecule has 0 unspecified atom stereocenters. The minimum Gasteiger partial charge on any atom is -0.353 e. The lowest BCUT2D eigenvalue weighted by Gasteiger charge is -2.35. The molecule has 0 amide bonds. The fourth-order valence-electron chi connectivity index (χ4n) is 3.46. The topological polar surface area (TPSA) is 63.0 Å². The normalized spacial score (nSPS) is 15.9. The van der Waals surface area contributed by atoms with E-state index in [9.17, 15) is 0 Å².